The first kappa shape index (κ1) is 11.3. The number of halogens is 1. The normalized spacial score (nSPS) is 9.57. The third-order valence-corrected chi connectivity index (χ3v) is 2.27. The van der Waals surface area contributed by atoms with Gasteiger partial charge < -0.3 is 9.47 Å². The van der Waals surface area contributed by atoms with Crippen LogP contribution in [-0.4, -0.2) is 19.7 Å². The molecule has 3 nitrogen and oxygen atoms in total. The van der Waals surface area contributed by atoms with Crippen molar-refractivity contribution in [2.24, 2.45) is 0 Å². The van der Waals surface area contributed by atoms with E-state index >= 15 is 0 Å². The number of ether oxygens (including phenoxy) is 2. The standard InChI is InChI=1S/C10H11IO3/c1-13-10(12)5-6-14-9-4-2-3-8(11)7-9/h2-4,7H,5-6H2,1H3. The van der Waals surface area contributed by atoms with Gasteiger partial charge in [-0.3, -0.25) is 4.79 Å². The van der Waals surface area contributed by atoms with Gasteiger partial charge >= 0.3 is 5.97 Å². The Kier molecular flexibility index (Phi) is 4.72. The third-order valence-electron chi connectivity index (χ3n) is 1.60. The number of hydrogen-bond acceptors (Lipinski definition) is 3. The van der Waals surface area contributed by atoms with Crippen LogP contribution >= 0.6 is 22.6 Å². The van der Waals surface area contributed by atoms with Gasteiger partial charge in [-0.1, -0.05) is 6.07 Å². The maximum Gasteiger partial charge on any atom is 0.308 e. The Bertz CT molecular complexity index is 312. The van der Waals surface area contributed by atoms with Gasteiger partial charge in [-0.2, -0.15) is 0 Å². The summed E-state index contributed by atoms with van der Waals surface area (Å²) in [5.41, 5.74) is 0. The topological polar surface area (TPSA) is 35.5 Å². The van der Waals surface area contributed by atoms with E-state index in [0.29, 0.717) is 6.61 Å². The molecule has 0 aliphatic heterocycles. The van der Waals surface area contributed by atoms with Crippen molar-refractivity contribution in [2.75, 3.05) is 13.7 Å². The first-order valence-corrected chi connectivity index (χ1v) is 5.25. The van der Waals surface area contributed by atoms with Crippen molar-refractivity contribution in [3.8, 4) is 5.75 Å². The molecule has 0 saturated carbocycles. The van der Waals surface area contributed by atoms with E-state index in [-0.39, 0.29) is 12.4 Å². The van der Waals surface area contributed by atoms with Crippen LogP contribution in [0.5, 0.6) is 5.75 Å². The summed E-state index contributed by atoms with van der Waals surface area (Å²) >= 11 is 2.21. The van der Waals surface area contributed by atoms with Gasteiger partial charge in [0.1, 0.15) is 5.75 Å². The summed E-state index contributed by atoms with van der Waals surface area (Å²) in [5, 5.41) is 0. The van der Waals surface area contributed by atoms with Crippen molar-refractivity contribution >= 4 is 28.6 Å². The summed E-state index contributed by atoms with van der Waals surface area (Å²) in [4.78, 5) is 10.8. The molecule has 0 amide bonds. The number of benzene rings is 1. The lowest BCUT2D eigenvalue weighted by atomic mass is 10.3. The zero-order valence-electron chi connectivity index (χ0n) is 7.83. The van der Waals surface area contributed by atoms with Crippen molar-refractivity contribution < 1.29 is 14.3 Å². The lowest BCUT2D eigenvalue weighted by Crippen LogP contribution is -2.07. The zero-order chi connectivity index (χ0) is 10.4. The molecule has 0 aliphatic rings. The van der Waals surface area contributed by atoms with Crippen LogP contribution in [0.2, 0.25) is 0 Å². The molecule has 0 unspecified atom stereocenters. The molecule has 76 valence electrons. The third kappa shape index (κ3) is 3.95. The van der Waals surface area contributed by atoms with Crippen molar-refractivity contribution in [3.63, 3.8) is 0 Å². The van der Waals surface area contributed by atoms with Crippen molar-refractivity contribution in [1.82, 2.24) is 0 Å². The lowest BCUT2D eigenvalue weighted by Gasteiger charge is -2.04. The van der Waals surface area contributed by atoms with Gasteiger partial charge in [-0.05, 0) is 40.8 Å². The minimum absolute atomic E-state index is 0.254. The molecule has 0 fully saturated rings. The second kappa shape index (κ2) is 5.85. The van der Waals surface area contributed by atoms with Crippen LogP contribution in [0.25, 0.3) is 0 Å². The molecule has 1 rings (SSSR count). The van der Waals surface area contributed by atoms with Crippen molar-refractivity contribution in [1.29, 1.82) is 0 Å². The highest BCUT2D eigenvalue weighted by Crippen LogP contribution is 2.14. The van der Waals surface area contributed by atoms with Crippen LogP contribution in [0.1, 0.15) is 6.42 Å². The molecule has 1 aromatic rings. The van der Waals surface area contributed by atoms with E-state index in [1.165, 1.54) is 7.11 Å². The van der Waals surface area contributed by atoms with E-state index < -0.39 is 0 Å². The molecule has 0 atom stereocenters. The lowest BCUT2D eigenvalue weighted by molar-refractivity contribution is -0.141. The van der Waals surface area contributed by atoms with E-state index in [1.54, 1.807) is 0 Å². The summed E-state index contributed by atoms with van der Waals surface area (Å²) in [7, 11) is 1.37. The van der Waals surface area contributed by atoms with Gasteiger partial charge in [-0.25, -0.2) is 0 Å². The maximum absolute atomic E-state index is 10.8. The first-order valence-electron chi connectivity index (χ1n) is 4.17. The number of methoxy groups -OCH3 is 1. The molecule has 0 N–H and O–H groups in total. The Balaban J connectivity index is 2.35. The Morgan fingerprint density at radius 2 is 2.29 bits per heavy atom. The van der Waals surface area contributed by atoms with Crippen molar-refractivity contribution in [3.05, 3.63) is 27.8 Å². The Morgan fingerprint density at radius 1 is 1.50 bits per heavy atom. The van der Waals surface area contributed by atoms with Gasteiger partial charge in [0.05, 0.1) is 20.1 Å². The monoisotopic (exact) mass is 306 g/mol. The number of rotatable bonds is 4. The van der Waals surface area contributed by atoms with Gasteiger partial charge in [0, 0.05) is 3.57 Å². The molecule has 0 spiro atoms. The highest BCUT2D eigenvalue weighted by Gasteiger charge is 2.00. The van der Waals surface area contributed by atoms with Gasteiger partial charge in [-0.15, -0.1) is 0 Å². The van der Waals surface area contributed by atoms with Gasteiger partial charge in [0.25, 0.3) is 0 Å². The summed E-state index contributed by atoms with van der Waals surface area (Å²) in [5.74, 6) is 0.524. The first-order chi connectivity index (χ1) is 6.72. The maximum atomic E-state index is 10.8. The number of carbonyl (C=O) groups excluding carboxylic acids is 1. The second-order valence-electron chi connectivity index (χ2n) is 2.63. The average molecular weight is 306 g/mol. The molecule has 0 bridgehead atoms. The van der Waals surface area contributed by atoms with Crippen LogP contribution < -0.4 is 4.74 Å². The summed E-state index contributed by atoms with van der Waals surface area (Å²) in [6, 6.07) is 7.67. The molecular formula is C10H11IO3. The van der Waals surface area contributed by atoms with Crippen LogP contribution in [-0.2, 0) is 9.53 Å². The molecule has 14 heavy (non-hydrogen) atoms. The average Bonchev–Trinajstić information content (AvgIpc) is 2.17. The Labute approximate surface area is 96.5 Å². The molecule has 1 aromatic carbocycles. The van der Waals surface area contributed by atoms with E-state index in [4.69, 9.17) is 4.74 Å². The predicted molar refractivity (Wildman–Crippen MR) is 61.3 cm³/mol. The quantitative estimate of drug-likeness (QED) is 0.632. The van der Waals surface area contributed by atoms with E-state index in [0.717, 1.165) is 9.32 Å². The fraction of sp³-hybridized carbons (Fsp3) is 0.300. The molecular weight excluding hydrogens is 295 g/mol. The molecule has 0 aromatic heterocycles. The van der Waals surface area contributed by atoms with Gasteiger partial charge in [0.2, 0.25) is 0 Å². The van der Waals surface area contributed by atoms with E-state index in [9.17, 15) is 4.79 Å². The van der Waals surface area contributed by atoms with Crippen LogP contribution in [0, 0.1) is 3.57 Å². The fourth-order valence-corrected chi connectivity index (χ4v) is 1.43. The summed E-state index contributed by atoms with van der Waals surface area (Å²) in [6.07, 6.45) is 0.280. The summed E-state index contributed by atoms with van der Waals surface area (Å²) < 4.78 is 11.0. The smallest absolute Gasteiger partial charge is 0.308 e. The zero-order valence-corrected chi connectivity index (χ0v) is 9.98. The minimum Gasteiger partial charge on any atom is -0.493 e. The fourth-order valence-electron chi connectivity index (χ4n) is 0.911. The Morgan fingerprint density at radius 3 is 2.93 bits per heavy atom. The van der Waals surface area contributed by atoms with Crippen LogP contribution in [0.4, 0.5) is 0 Å². The van der Waals surface area contributed by atoms with E-state index in [1.807, 2.05) is 24.3 Å². The molecule has 0 radical (unpaired) electrons. The Hall–Kier alpha value is -0.780. The molecule has 0 heterocycles. The molecule has 4 heteroatoms. The minimum atomic E-state index is -0.254. The van der Waals surface area contributed by atoms with E-state index in [2.05, 4.69) is 27.3 Å². The van der Waals surface area contributed by atoms with Gasteiger partial charge in [0.15, 0.2) is 0 Å². The summed E-state index contributed by atoms with van der Waals surface area (Å²) in [6.45, 7) is 0.354. The highest BCUT2D eigenvalue weighted by atomic mass is 127. The number of esters is 1. The highest BCUT2D eigenvalue weighted by molar-refractivity contribution is 14.1. The molecule has 0 aliphatic carbocycles. The largest absolute Gasteiger partial charge is 0.493 e. The van der Waals surface area contributed by atoms with Crippen molar-refractivity contribution in [2.45, 2.75) is 6.42 Å². The number of carbonyl (C=O) groups is 1. The van der Waals surface area contributed by atoms with Crippen LogP contribution in [0.3, 0.4) is 0 Å². The molecule has 0 saturated heterocycles. The SMILES string of the molecule is COC(=O)CCOc1cccc(I)c1. The number of hydrogen-bond donors (Lipinski definition) is 0. The predicted octanol–water partition coefficient (Wildman–Crippen LogP) is 2.23. The second-order valence-corrected chi connectivity index (χ2v) is 3.88. The van der Waals surface area contributed by atoms with Crippen LogP contribution in [0.15, 0.2) is 24.3 Å².